The van der Waals surface area contributed by atoms with Gasteiger partial charge in [-0.05, 0) is 18.9 Å². The number of esters is 1. The first-order valence-electron chi connectivity index (χ1n) is 7.37. The number of ether oxygens (including phenoxy) is 1. The van der Waals surface area contributed by atoms with Gasteiger partial charge in [0.1, 0.15) is 0 Å². The Morgan fingerprint density at radius 2 is 2.05 bits per heavy atom. The first-order valence-corrected chi connectivity index (χ1v) is 8.36. The van der Waals surface area contributed by atoms with Crippen molar-refractivity contribution in [2.24, 2.45) is 5.92 Å². The lowest BCUT2D eigenvalue weighted by Crippen LogP contribution is -2.15. The Hall–Kier alpha value is -1.22. The highest BCUT2D eigenvalue weighted by Gasteiger charge is 2.32. The molecule has 1 unspecified atom stereocenters. The maximum atomic E-state index is 12.3. The fourth-order valence-corrected chi connectivity index (χ4v) is 3.91. The van der Waals surface area contributed by atoms with Gasteiger partial charge in [0, 0.05) is 16.6 Å². The molecule has 0 aliphatic carbocycles. The number of unbranched alkanes of at least 4 members (excludes halogenated alkanes) is 1. The Morgan fingerprint density at radius 3 is 2.70 bits per heavy atom. The van der Waals surface area contributed by atoms with Crippen LogP contribution in [0, 0.1) is 5.92 Å². The Labute approximate surface area is 125 Å². The molecule has 0 bridgehead atoms. The number of thioether (sulfide) groups is 1. The van der Waals surface area contributed by atoms with Crippen LogP contribution in [-0.2, 0) is 9.53 Å². The topological polar surface area (TPSA) is 26.3 Å². The van der Waals surface area contributed by atoms with Gasteiger partial charge in [0.2, 0.25) is 0 Å². The van der Waals surface area contributed by atoms with Gasteiger partial charge in [0.25, 0.3) is 0 Å². The van der Waals surface area contributed by atoms with E-state index in [1.807, 2.05) is 25.1 Å². The second kappa shape index (κ2) is 7.53. The van der Waals surface area contributed by atoms with E-state index in [-0.39, 0.29) is 5.97 Å². The minimum atomic E-state index is -0.127. The third-order valence-corrected chi connectivity index (χ3v) is 4.83. The van der Waals surface area contributed by atoms with Crippen molar-refractivity contribution in [2.45, 2.75) is 33.1 Å². The van der Waals surface area contributed by atoms with Crippen LogP contribution < -0.4 is 0 Å². The van der Waals surface area contributed by atoms with Gasteiger partial charge in [0.05, 0.1) is 12.2 Å². The number of benzene rings is 1. The van der Waals surface area contributed by atoms with E-state index in [9.17, 15) is 4.79 Å². The summed E-state index contributed by atoms with van der Waals surface area (Å²) in [6, 6.07) is 10.2. The van der Waals surface area contributed by atoms with Crippen molar-refractivity contribution in [3.63, 3.8) is 0 Å². The van der Waals surface area contributed by atoms with Crippen LogP contribution in [0.15, 0.2) is 35.9 Å². The first-order chi connectivity index (χ1) is 9.77. The van der Waals surface area contributed by atoms with E-state index in [2.05, 4.69) is 19.1 Å². The summed E-state index contributed by atoms with van der Waals surface area (Å²) < 4.78 is 5.28. The largest absolute Gasteiger partial charge is 0.463 e. The van der Waals surface area contributed by atoms with Crippen molar-refractivity contribution in [1.29, 1.82) is 0 Å². The zero-order chi connectivity index (χ0) is 14.4. The van der Waals surface area contributed by atoms with E-state index in [1.54, 1.807) is 11.8 Å². The highest BCUT2D eigenvalue weighted by molar-refractivity contribution is 8.08. The Morgan fingerprint density at radius 1 is 1.30 bits per heavy atom. The van der Waals surface area contributed by atoms with Gasteiger partial charge in [-0.2, -0.15) is 0 Å². The molecule has 1 aliphatic rings. The summed E-state index contributed by atoms with van der Waals surface area (Å²) in [5.41, 5.74) is 2.04. The van der Waals surface area contributed by atoms with Gasteiger partial charge in [-0.15, -0.1) is 11.8 Å². The minimum absolute atomic E-state index is 0.127. The number of carbonyl (C=O) groups is 1. The number of hydrogen-bond donors (Lipinski definition) is 0. The van der Waals surface area contributed by atoms with Crippen molar-refractivity contribution in [1.82, 2.24) is 0 Å². The SMILES string of the molecule is CCCCC1CSC(c2ccccc2)=C1C(=O)OCC. The fraction of sp³-hybridized carbons (Fsp3) is 0.471. The normalized spacial score (nSPS) is 18.4. The van der Waals surface area contributed by atoms with Crippen LogP contribution >= 0.6 is 11.8 Å². The van der Waals surface area contributed by atoms with Crippen molar-refractivity contribution in [2.75, 3.05) is 12.4 Å². The standard InChI is InChI=1S/C17H22O2S/c1-3-5-9-14-12-20-16(13-10-7-6-8-11-13)15(14)17(18)19-4-2/h6-8,10-11,14H,3-5,9,12H2,1-2H3. The summed E-state index contributed by atoms with van der Waals surface area (Å²) in [4.78, 5) is 13.4. The van der Waals surface area contributed by atoms with Crippen LogP contribution in [-0.4, -0.2) is 18.3 Å². The van der Waals surface area contributed by atoms with Crippen LogP contribution in [0.5, 0.6) is 0 Å². The van der Waals surface area contributed by atoms with Crippen molar-refractivity contribution in [3.05, 3.63) is 41.5 Å². The average Bonchev–Trinajstić information content (AvgIpc) is 2.90. The quantitative estimate of drug-likeness (QED) is 0.721. The Bertz CT molecular complexity index is 479. The van der Waals surface area contributed by atoms with Crippen molar-refractivity contribution >= 4 is 22.6 Å². The molecule has 2 rings (SSSR count). The van der Waals surface area contributed by atoms with Gasteiger partial charge in [-0.1, -0.05) is 50.1 Å². The number of rotatable bonds is 6. The van der Waals surface area contributed by atoms with Gasteiger partial charge < -0.3 is 4.74 Å². The summed E-state index contributed by atoms with van der Waals surface area (Å²) in [7, 11) is 0. The van der Waals surface area contributed by atoms with E-state index in [0.29, 0.717) is 12.5 Å². The molecule has 0 N–H and O–H groups in total. The van der Waals surface area contributed by atoms with Crippen LogP contribution in [0.2, 0.25) is 0 Å². The molecule has 0 fully saturated rings. The third-order valence-electron chi connectivity index (χ3n) is 3.52. The minimum Gasteiger partial charge on any atom is -0.463 e. The molecule has 108 valence electrons. The number of carbonyl (C=O) groups excluding carboxylic acids is 1. The molecule has 2 nitrogen and oxygen atoms in total. The van der Waals surface area contributed by atoms with E-state index in [0.717, 1.165) is 41.1 Å². The highest BCUT2D eigenvalue weighted by Crippen LogP contribution is 2.44. The lowest BCUT2D eigenvalue weighted by Gasteiger charge is -2.13. The molecule has 1 aliphatic heterocycles. The maximum absolute atomic E-state index is 12.3. The lowest BCUT2D eigenvalue weighted by molar-refractivity contribution is -0.138. The van der Waals surface area contributed by atoms with E-state index >= 15 is 0 Å². The molecule has 0 radical (unpaired) electrons. The zero-order valence-corrected chi connectivity index (χ0v) is 13.0. The predicted octanol–water partition coefficient (Wildman–Crippen LogP) is 4.51. The summed E-state index contributed by atoms with van der Waals surface area (Å²) in [6.45, 7) is 4.49. The molecule has 0 spiro atoms. The maximum Gasteiger partial charge on any atom is 0.335 e. The first kappa shape index (κ1) is 15.2. The molecule has 0 saturated heterocycles. The molecule has 1 heterocycles. The molecule has 20 heavy (non-hydrogen) atoms. The van der Waals surface area contributed by atoms with Crippen LogP contribution in [0.4, 0.5) is 0 Å². The monoisotopic (exact) mass is 290 g/mol. The summed E-state index contributed by atoms with van der Waals surface area (Å²) in [5.74, 6) is 1.21. The Kier molecular flexibility index (Phi) is 5.72. The average molecular weight is 290 g/mol. The van der Waals surface area contributed by atoms with E-state index in [1.165, 1.54) is 0 Å². The fourth-order valence-electron chi connectivity index (χ4n) is 2.51. The molecule has 1 atom stereocenters. The van der Waals surface area contributed by atoms with Gasteiger partial charge in [-0.25, -0.2) is 4.79 Å². The molecule has 3 heteroatoms. The molecular formula is C17H22O2S. The van der Waals surface area contributed by atoms with Crippen LogP contribution in [0.3, 0.4) is 0 Å². The van der Waals surface area contributed by atoms with Crippen LogP contribution in [0.25, 0.3) is 4.91 Å². The Balaban J connectivity index is 2.31. The molecular weight excluding hydrogens is 268 g/mol. The van der Waals surface area contributed by atoms with Gasteiger partial charge >= 0.3 is 5.97 Å². The van der Waals surface area contributed by atoms with E-state index in [4.69, 9.17) is 4.74 Å². The third kappa shape index (κ3) is 3.45. The second-order valence-corrected chi connectivity index (χ2v) is 6.01. The number of hydrogen-bond acceptors (Lipinski definition) is 3. The zero-order valence-electron chi connectivity index (χ0n) is 12.2. The molecule has 0 saturated carbocycles. The predicted molar refractivity (Wildman–Crippen MR) is 85.5 cm³/mol. The molecule has 1 aromatic rings. The van der Waals surface area contributed by atoms with Gasteiger partial charge in [-0.3, -0.25) is 0 Å². The molecule has 0 aromatic heterocycles. The lowest BCUT2D eigenvalue weighted by atomic mass is 9.93. The molecule has 1 aromatic carbocycles. The summed E-state index contributed by atoms with van der Waals surface area (Å²) in [5, 5.41) is 0. The van der Waals surface area contributed by atoms with E-state index < -0.39 is 0 Å². The smallest absolute Gasteiger partial charge is 0.335 e. The van der Waals surface area contributed by atoms with Gasteiger partial charge in [0.15, 0.2) is 0 Å². The van der Waals surface area contributed by atoms with Crippen LogP contribution in [0.1, 0.15) is 38.7 Å². The van der Waals surface area contributed by atoms with Crippen molar-refractivity contribution in [3.8, 4) is 0 Å². The molecule has 0 amide bonds. The summed E-state index contributed by atoms with van der Waals surface area (Å²) in [6.07, 6.45) is 3.40. The second-order valence-electron chi connectivity index (χ2n) is 4.98. The highest BCUT2D eigenvalue weighted by atomic mass is 32.2. The van der Waals surface area contributed by atoms with Crippen molar-refractivity contribution < 1.29 is 9.53 Å². The summed E-state index contributed by atoms with van der Waals surface area (Å²) >= 11 is 1.80.